The summed E-state index contributed by atoms with van der Waals surface area (Å²) in [6.07, 6.45) is 6.80. The van der Waals surface area contributed by atoms with Crippen molar-refractivity contribution < 1.29 is 0 Å². The number of aryl methyl sites for hydroxylation is 1. The molecule has 0 bridgehead atoms. The lowest BCUT2D eigenvalue weighted by Gasteiger charge is -2.12. The van der Waals surface area contributed by atoms with Crippen molar-refractivity contribution >= 4 is 41.3 Å². The topological polar surface area (TPSA) is 67.1 Å². The van der Waals surface area contributed by atoms with Gasteiger partial charge in [-0.15, -0.1) is 35.3 Å². The van der Waals surface area contributed by atoms with Gasteiger partial charge >= 0.3 is 0 Å². The second kappa shape index (κ2) is 11.0. The van der Waals surface area contributed by atoms with Gasteiger partial charge in [0.1, 0.15) is 10.8 Å². The minimum Gasteiger partial charge on any atom is -0.350 e. The summed E-state index contributed by atoms with van der Waals surface area (Å²) in [7, 11) is 1.77. The first kappa shape index (κ1) is 21.4. The Hall–Kier alpha value is -1.94. The van der Waals surface area contributed by atoms with E-state index in [9.17, 15) is 0 Å². The molecule has 0 aliphatic heterocycles. The fraction of sp³-hybridized carbons (Fsp3) is 0.316. The molecule has 3 rings (SSSR count). The number of halogens is 1. The number of hydrogen-bond acceptors (Lipinski definition) is 4. The average molecular weight is 496 g/mol. The highest BCUT2D eigenvalue weighted by Gasteiger charge is 2.06. The fourth-order valence-corrected chi connectivity index (χ4v) is 3.37. The first-order chi connectivity index (χ1) is 12.8. The van der Waals surface area contributed by atoms with E-state index in [1.165, 1.54) is 10.4 Å². The highest BCUT2D eigenvalue weighted by atomic mass is 127. The predicted octanol–water partition coefficient (Wildman–Crippen LogP) is 3.43. The number of aromatic nitrogens is 3. The van der Waals surface area contributed by atoms with E-state index >= 15 is 0 Å². The Morgan fingerprint density at radius 1 is 1.15 bits per heavy atom. The highest BCUT2D eigenvalue weighted by molar-refractivity contribution is 14.0. The van der Waals surface area contributed by atoms with Gasteiger partial charge in [-0.25, -0.2) is 9.97 Å². The van der Waals surface area contributed by atoms with Crippen molar-refractivity contribution in [3.8, 4) is 0 Å². The molecule has 6 nitrogen and oxygen atoms in total. The molecule has 0 aliphatic rings. The standard InChI is InChI=1S/C19H24N6S.HI/c1-3-16-11-22-18(26-16)13-24-19(20-2)23-12-17-21-9-10-25(17)14-15-7-5-4-6-8-15;/h4-11H,3,12-14H2,1-2H3,(H2,20,23,24);1H. The maximum absolute atomic E-state index is 4.46. The number of nitrogens with zero attached hydrogens (tertiary/aromatic N) is 4. The second-order valence-electron chi connectivity index (χ2n) is 5.81. The minimum absolute atomic E-state index is 0. The maximum atomic E-state index is 4.46. The summed E-state index contributed by atoms with van der Waals surface area (Å²) in [5, 5.41) is 7.69. The fourth-order valence-electron chi connectivity index (χ4n) is 2.57. The lowest BCUT2D eigenvalue weighted by molar-refractivity contribution is 0.687. The Balaban J connectivity index is 0.00000261. The Bertz CT molecular complexity index is 843. The minimum atomic E-state index is 0. The number of guanidine groups is 1. The molecular formula is C19H25IN6S. The van der Waals surface area contributed by atoms with Crippen LogP contribution in [0.25, 0.3) is 0 Å². The van der Waals surface area contributed by atoms with E-state index in [1.807, 2.05) is 24.7 Å². The lowest BCUT2D eigenvalue weighted by Crippen LogP contribution is -2.37. The van der Waals surface area contributed by atoms with Gasteiger partial charge in [-0.3, -0.25) is 4.99 Å². The molecule has 0 spiro atoms. The van der Waals surface area contributed by atoms with E-state index in [1.54, 1.807) is 18.4 Å². The van der Waals surface area contributed by atoms with Gasteiger partial charge in [-0.2, -0.15) is 0 Å². The molecule has 0 amide bonds. The molecule has 0 atom stereocenters. The van der Waals surface area contributed by atoms with E-state index in [-0.39, 0.29) is 24.0 Å². The molecule has 0 saturated heterocycles. The van der Waals surface area contributed by atoms with Crippen molar-refractivity contribution in [2.24, 2.45) is 4.99 Å². The number of thiazole rings is 1. The molecule has 1 aromatic carbocycles. The Kier molecular flexibility index (Phi) is 8.73. The van der Waals surface area contributed by atoms with Gasteiger partial charge < -0.3 is 15.2 Å². The summed E-state index contributed by atoms with van der Waals surface area (Å²) < 4.78 is 2.14. The monoisotopic (exact) mass is 496 g/mol. The molecular weight excluding hydrogens is 471 g/mol. The molecule has 0 radical (unpaired) electrons. The van der Waals surface area contributed by atoms with Gasteiger partial charge in [-0.1, -0.05) is 37.3 Å². The normalized spacial score (nSPS) is 11.1. The largest absolute Gasteiger partial charge is 0.350 e. The van der Waals surface area contributed by atoms with Gasteiger partial charge in [0.15, 0.2) is 5.96 Å². The zero-order valence-corrected chi connectivity index (χ0v) is 18.7. The number of rotatable bonds is 7. The van der Waals surface area contributed by atoms with Crippen LogP contribution < -0.4 is 10.6 Å². The second-order valence-corrected chi connectivity index (χ2v) is 7.01. The van der Waals surface area contributed by atoms with Gasteiger partial charge in [-0.05, 0) is 12.0 Å². The van der Waals surface area contributed by atoms with Gasteiger partial charge in [0, 0.05) is 37.1 Å². The number of imidazole rings is 1. The van der Waals surface area contributed by atoms with Crippen molar-refractivity contribution in [3.63, 3.8) is 0 Å². The van der Waals surface area contributed by atoms with Crippen molar-refractivity contribution in [3.05, 3.63) is 70.2 Å². The van der Waals surface area contributed by atoms with Crippen LogP contribution in [0.1, 0.15) is 28.2 Å². The molecule has 0 unspecified atom stereocenters. The summed E-state index contributed by atoms with van der Waals surface area (Å²) in [6.45, 7) is 4.23. The maximum Gasteiger partial charge on any atom is 0.191 e. The number of hydrogen-bond donors (Lipinski definition) is 2. The summed E-state index contributed by atoms with van der Waals surface area (Å²) >= 11 is 1.73. The third-order valence-electron chi connectivity index (χ3n) is 3.99. The molecule has 8 heteroatoms. The summed E-state index contributed by atoms with van der Waals surface area (Å²) in [5.74, 6) is 1.71. The van der Waals surface area contributed by atoms with Gasteiger partial charge in [0.05, 0.1) is 13.1 Å². The molecule has 2 heterocycles. The van der Waals surface area contributed by atoms with Gasteiger partial charge in [0.2, 0.25) is 0 Å². The quantitative estimate of drug-likeness (QED) is 0.299. The van der Waals surface area contributed by atoms with E-state index in [0.717, 1.165) is 29.8 Å². The van der Waals surface area contributed by atoms with Crippen LogP contribution in [-0.4, -0.2) is 27.5 Å². The molecule has 3 aromatic rings. The molecule has 2 aromatic heterocycles. The van der Waals surface area contributed by atoms with Crippen LogP contribution in [0.5, 0.6) is 0 Å². The van der Waals surface area contributed by atoms with Crippen molar-refractivity contribution in [2.45, 2.75) is 33.0 Å². The summed E-state index contributed by atoms with van der Waals surface area (Å²) in [5.41, 5.74) is 1.25. The van der Waals surface area contributed by atoms with E-state index in [2.05, 4.69) is 61.4 Å². The van der Waals surface area contributed by atoms with Crippen LogP contribution in [0.2, 0.25) is 0 Å². The van der Waals surface area contributed by atoms with Crippen LogP contribution >= 0.6 is 35.3 Å². The number of nitrogens with one attached hydrogen (secondary N) is 2. The molecule has 0 fully saturated rings. The Morgan fingerprint density at radius 3 is 2.63 bits per heavy atom. The van der Waals surface area contributed by atoms with Gasteiger partial charge in [0.25, 0.3) is 0 Å². The van der Waals surface area contributed by atoms with E-state index in [4.69, 9.17) is 0 Å². The summed E-state index contributed by atoms with van der Waals surface area (Å²) in [4.78, 5) is 14.5. The lowest BCUT2D eigenvalue weighted by atomic mass is 10.2. The molecule has 144 valence electrons. The van der Waals surface area contributed by atoms with Crippen LogP contribution in [0, 0.1) is 0 Å². The molecule has 27 heavy (non-hydrogen) atoms. The van der Waals surface area contributed by atoms with Crippen LogP contribution in [-0.2, 0) is 26.1 Å². The number of benzene rings is 1. The Morgan fingerprint density at radius 2 is 1.93 bits per heavy atom. The van der Waals surface area contributed by atoms with Crippen molar-refractivity contribution in [2.75, 3.05) is 7.05 Å². The first-order valence-corrected chi connectivity index (χ1v) is 9.52. The van der Waals surface area contributed by atoms with E-state index in [0.29, 0.717) is 13.1 Å². The zero-order valence-electron chi connectivity index (χ0n) is 15.6. The molecule has 0 saturated carbocycles. The van der Waals surface area contributed by atoms with E-state index < -0.39 is 0 Å². The third kappa shape index (κ3) is 6.31. The molecule has 2 N–H and O–H groups in total. The van der Waals surface area contributed by atoms with Crippen molar-refractivity contribution in [1.82, 2.24) is 25.2 Å². The molecule has 0 aliphatic carbocycles. The highest BCUT2D eigenvalue weighted by Crippen LogP contribution is 2.12. The number of aliphatic imine (C=N–C) groups is 1. The Labute approximate surface area is 181 Å². The first-order valence-electron chi connectivity index (χ1n) is 8.70. The third-order valence-corrected chi connectivity index (χ3v) is 5.13. The average Bonchev–Trinajstić information content (AvgIpc) is 3.32. The summed E-state index contributed by atoms with van der Waals surface area (Å²) in [6, 6.07) is 10.4. The van der Waals surface area contributed by atoms with Crippen LogP contribution in [0.3, 0.4) is 0 Å². The van der Waals surface area contributed by atoms with Crippen molar-refractivity contribution in [1.29, 1.82) is 0 Å². The van der Waals surface area contributed by atoms with Crippen LogP contribution in [0.4, 0.5) is 0 Å². The van der Waals surface area contributed by atoms with Crippen LogP contribution in [0.15, 0.2) is 53.9 Å². The SMILES string of the molecule is CCc1cnc(CNC(=NC)NCc2nccn2Cc2ccccc2)s1.I. The predicted molar refractivity (Wildman–Crippen MR) is 122 cm³/mol. The smallest absolute Gasteiger partial charge is 0.191 e. The zero-order chi connectivity index (χ0) is 18.2.